The van der Waals surface area contributed by atoms with Crippen molar-refractivity contribution in [2.45, 2.75) is 0 Å². The van der Waals surface area contributed by atoms with Crippen LogP contribution in [0.3, 0.4) is 0 Å². The maximum absolute atomic E-state index is 10.6. The molecule has 0 aliphatic carbocycles. The second-order valence-electron chi connectivity index (χ2n) is 1.33. The Bertz CT molecular complexity index is 263. The second kappa shape index (κ2) is 7.72. The number of halogens is 2. The predicted molar refractivity (Wildman–Crippen MR) is 31.3 cm³/mol. The number of hydrogen-bond donors (Lipinski definition) is 0. The van der Waals surface area contributed by atoms with E-state index in [1.165, 1.54) is 0 Å². The van der Waals surface area contributed by atoms with Crippen molar-refractivity contribution >= 4 is 20.2 Å². The van der Waals surface area contributed by atoms with Crippen LogP contribution in [0.15, 0.2) is 0 Å². The van der Waals surface area contributed by atoms with Crippen molar-refractivity contribution in [1.82, 2.24) is 0 Å². The minimum atomic E-state index is -4.58. The van der Waals surface area contributed by atoms with Crippen LogP contribution in [0.2, 0.25) is 0 Å². The van der Waals surface area contributed by atoms with Crippen LogP contribution in [0, 0.1) is 0 Å². The first-order valence-corrected chi connectivity index (χ1v) is 5.27. The smallest absolute Gasteiger partial charge is 0.746 e. The summed E-state index contributed by atoms with van der Waals surface area (Å²) in [6.07, 6.45) is 0. The summed E-state index contributed by atoms with van der Waals surface area (Å²) >= 11 is 0. The summed E-state index contributed by atoms with van der Waals surface area (Å²) in [6, 6.07) is -3.62. The minimum absolute atomic E-state index is 0. The van der Waals surface area contributed by atoms with Crippen LogP contribution in [-0.2, 0) is 40.7 Å². The Morgan fingerprint density at radius 1 is 0.846 bits per heavy atom. The van der Waals surface area contributed by atoms with E-state index in [0.717, 1.165) is 0 Å². The van der Waals surface area contributed by atoms with E-state index in [2.05, 4.69) is 0 Å². The minimum Gasteiger partial charge on any atom is -0.746 e. The first-order valence-electron chi connectivity index (χ1n) is 2.11. The fraction of sp³-hybridized carbons (Fsp3) is 1.00. The van der Waals surface area contributed by atoms with Gasteiger partial charge < -0.3 is 9.11 Å². The first-order chi connectivity index (χ1) is 5.12. The Morgan fingerprint density at radius 2 is 0.923 bits per heavy atom. The monoisotopic (exact) mass is 332 g/mol. The zero-order valence-corrected chi connectivity index (χ0v) is 8.94. The van der Waals surface area contributed by atoms with E-state index in [1.807, 2.05) is 0 Å². The molecule has 0 atom stereocenters. The fourth-order valence-corrected chi connectivity index (χ4v) is 0. The molecule has 84 valence electrons. The maximum Gasteiger partial charge on any atom is 2.00 e. The third-order valence-electron chi connectivity index (χ3n) is 0.267. The Kier molecular flexibility index (Phi) is 11.3. The van der Waals surface area contributed by atoms with Gasteiger partial charge in [-0.1, -0.05) is 0 Å². The second-order valence-corrected chi connectivity index (χ2v) is 4.00. The normalized spacial score (nSPS) is 10.8. The van der Waals surface area contributed by atoms with E-state index < -0.39 is 32.2 Å². The Hall–Kier alpha value is 0.342. The van der Waals surface area contributed by atoms with Crippen LogP contribution < -0.4 is 0 Å². The van der Waals surface area contributed by atoms with E-state index in [1.54, 1.807) is 0 Å². The number of hydrogen-bond acceptors (Lipinski definition) is 6. The van der Waals surface area contributed by atoms with Crippen molar-refractivity contribution < 1.29 is 55.1 Å². The van der Waals surface area contributed by atoms with Crippen LogP contribution in [0.1, 0.15) is 0 Å². The summed E-state index contributed by atoms with van der Waals surface area (Å²) in [4.78, 5) is 0. The summed E-state index contributed by atoms with van der Waals surface area (Å²) in [5.74, 6) is 0. The Balaban J connectivity index is -0.000000143. The molecule has 0 fully saturated rings. The molecule has 0 unspecified atom stereocenters. The molecular weight excluding hydrogens is 329 g/mol. The van der Waals surface area contributed by atoms with Crippen LogP contribution in [0.5, 0.6) is 0 Å². The van der Waals surface area contributed by atoms with Crippen molar-refractivity contribution in [2.75, 3.05) is 12.0 Å². The molecule has 0 aliphatic heterocycles. The molecule has 11 heteroatoms. The van der Waals surface area contributed by atoms with Crippen molar-refractivity contribution in [2.24, 2.45) is 0 Å². The zero-order valence-electron chi connectivity index (χ0n) is 5.75. The molecule has 0 radical (unpaired) electrons. The molecule has 0 amide bonds. The molecule has 0 bridgehead atoms. The maximum atomic E-state index is 10.6. The standard InChI is InChI=1S/2CH3FO3S.Pd/c2*2-1-6(3,4)5;/h2*1H2,(H,3,4,5);/q;;+2/p-2. The van der Waals surface area contributed by atoms with Gasteiger partial charge in [0.2, 0.25) is 0 Å². The number of alkyl halides is 2. The molecule has 0 heterocycles. The molecular formula is C2H4F2O6PdS2. The van der Waals surface area contributed by atoms with Crippen LogP contribution >= 0.6 is 0 Å². The zero-order chi connectivity index (χ0) is 10.4. The van der Waals surface area contributed by atoms with Gasteiger partial charge in [0, 0.05) is 0 Å². The first kappa shape index (κ1) is 19.0. The van der Waals surface area contributed by atoms with Crippen LogP contribution in [0.4, 0.5) is 8.78 Å². The van der Waals surface area contributed by atoms with E-state index in [-0.39, 0.29) is 20.4 Å². The van der Waals surface area contributed by atoms with Crippen molar-refractivity contribution in [3.63, 3.8) is 0 Å². The molecule has 0 spiro atoms. The molecule has 0 aromatic carbocycles. The molecule has 6 nitrogen and oxygen atoms in total. The van der Waals surface area contributed by atoms with Crippen LogP contribution in [-0.4, -0.2) is 38.0 Å². The molecule has 0 saturated heterocycles. The van der Waals surface area contributed by atoms with E-state index in [0.29, 0.717) is 0 Å². The van der Waals surface area contributed by atoms with Gasteiger partial charge in [0.05, 0.1) is 0 Å². The SMILES string of the molecule is O=S(=O)([O-])CF.O=S(=O)([O-])CF.[Pd+2]. The summed E-state index contributed by atoms with van der Waals surface area (Å²) in [6.45, 7) is 0. The van der Waals surface area contributed by atoms with Gasteiger partial charge in [-0.05, 0) is 0 Å². The third kappa shape index (κ3) is 32.8. The summed E-state index contributed by atoms with van der Waals surface area (Å²) in [5.41, 5.74) is 0. The molecule has 0 aromatic heterocycles. The quantitative estimate of drug-likeness (QED) is 0.469. The largest absolute Gasteiger partial charge is 2.00 e. The van der Waals surface area contributed by atoms with Gasteiger partial charge in [0.25, 0.3) is 0 Å². The van der Waals surface area contributed by atoms with Gasteiger partial charge in [-0.25, -0.2) is 25.6 Å². The summed E-state index contributed by atoms with van der Waals surface area (Å²) in [5, 5.41) is 0. The van der Waals surface area contributed by atoms with Gasteiger partial charge in [-0.2, -0.15) is 0 Å². The van der Waals surface area contributed by atoms with Gasteiger partial charge in [-0.3, -0.25) is 0 Å². The Morgan fingerprint density at radius 3 is 0.923 bits per heavy atom. The van der Waals surface area contributed by atoms with E-state index in [9.17, 15) is 8.78 Å². The van der Waals surface area contributed by atoms with Gasteiger partial charge >= 0.3 is 20.4 Å². The fourth-order valence-electron chi connectivity index (χ4n) is 0. The van der Waals surface area contributed by atoms with Crippen molar-refractivity contribution in [3.05, 3.63) is 0 Å². The molecule has 0 rings (SSSR count). The van der Waals surface area contributed by atoms with Gasteiger partial charge in [-0.15, -0.1) is 0 Å². The third-order valence-corrected chi connectivity index (χ3v) is 0.802. The van der Waals surface area contributed by atoms with Crippen molar-refractivity contribution in [3.8, 4) is 0 Å². The average Bonchev–Trinajstić information content (AvgIpc) is 1.86. The summed E-state index contributed by atoms with van der Waals surface area (Å²) in [7, 11) is -9.16. The van der Waals surface area contributed by atoms with E-state index >= 15 is 0 Å². The molecule has 0 N–H and O–H groups in total. The van der Waals surface area contributed by atoms with E-state index in [4.69, 9.17) is 25.9 Å². The summed E-state index contributed by atoms with van der Waals surface area (Å²) < 4.78 is 75.6. The predicted octanol–water partition coefficient (Wildman–Crippen LogP) is -1.09. The Labute approximate surface area is 87.5 Å². The van der Waals surface area contributed by atoms with Crippen LogP contribution in [0.25, 0.3) is 0 Å². The van der Waals surface area contributed by atoms with Gasteiger partial charge in [0.1, 0.15) is 20.2 Å². The molecule has 0 aliphatic rings. The average molecular weight is 333 g/mol. The molecule has 0 aromatic rings. The molecule has 0 saturated carbocycles. The number of rotatable bonds is 2. The van der Waals surface area contributed by atoms with Crippen molar-refractivity contribution in [1.29, 1.82) is 0 Å². The topological polar surface area (TPSA) is 114 Å². The van der Waals surface area contributed by atoms with Gasteiger partial charge in [0.15, 0.2) is 12.0 Å². The molecule has 13 heavy (non-hydrogen) atoms.